The number of rotatable bonds is 4. The van der Waals surface area contributed by atoms with Crippen LogP contribution in [-0.2, 0) is 0 Å². The lowest BCUT2D eigenvalue weighted by molar-refractivity contribution is 1.13. The molecular formula is C47H31N3. The van der Waals surface area contributed by atoms with E-state index in [1.165, 1.54) is 44.2 Å². The molecule has 0 aliphatic carbocycles. The molecule has 0 bridgehead atoms. The van der Waals surface area contributed by atoms with Crippen LogP contribution in [0.15, 0.2) is 188 Å². The Kier molecular flexibility index (Phi) is 6.49. The molecule has 0 saturated heterocycles. The Labute approximate surface area is 291 Å². The second-order valence-corrected chi connectivity index (χ2v) is 12.8. The molecule has 0 spiro atoms. The largest absolute Gasteiger partial charge is 0.309 e. The van der Waals surface area contributed by atoms with Gasteiger partial charge in [-0.1, -0.05) is 146 Å². The van der Waals surface area contributed by atoms with E-state index in [4.69, 9.17) is 4.98 Å². The topological polar surface area (TPSA) is 21.1 Å². The second-order valence-electron chi connectivity index (χ2n) is 12.8. The van der Waals surface area contributed by atoms with Crippen LogP contribution in [0.5, 0.6) is 0 Å². The monoisotopic (exact) mass is 637 g/mol. The molecule has 7 aromatic carbocycles. The number of pyridine rings is 1. The summed E-state index contributed by atoms with van der Waals surface area (Å²) in [5.41, 5.74) is 13.8. The van der Waals surface area contributed by atoms with Gasteiger partial charge < -0.3 is 4.57 Å². The predicted molar refractivity (Wildman–Crippen MR) is 209 cm³/mol. The van der Waals surface area contributed by atoms with Gasteiger partial charge in [-0.15, -0.1) is 0 Å². The summed E-state index contributed by atoms with van der Waals surface area (Å²) in [6.07, 6.45) is 2.05. The van der Waals surface area contributed by atoms with E-state index < -0.39 is 0 Å². The summed E-state index contributed by atoms with van der Waals surface area (Å²) >= 11 is 0. The zero-order chi connectivity index (χ0) is 33.0. The third kappa shape index (κ3) is 4.34. The molecule has 10 rings (SSSR count). The van der Waals surface area contributed by atoms with Crippen molar-refractivity contribution >= 4 is 38.9 Å². The zero-order valence-electron chi connectivity index (χ0n) is 27.2. The Bertz CT molecular complexity index is 2690. The van der Waals surface area contributed by atoms with Gasteiger partial charge in [0.2, 0.25) is 0 Å². The molecule has 0 atom stereocenters. The maximum absolute atomic E-state index is 5.34. The van der Waals surface area contributed by atoms with Crippen molar-refractivity contribution in [2.24, 2.45) is 0 Å². The summed E-state index contributed by atoms with van der Waals surface area (Å²) in [7, 11) is 0. The van der Waals surface area contributed by atoms with Crippen LogP contribution >= 0.6 is 0 Å². The number of para-hydroxylation sites is 3. The quantitative estimate of drug-likeness (QED) is 0.191. The van der Waals surface area contributed by atoms with E-state index in [0.29, 0.717) is 0 Å². The fraction of sp³-hybridized carbons (Fsp3) is 0. The Hall–Kier alpha value is -6.71. The van der Waals surface area contributed by atoms with Crippen molar-refractivity contribution in [3.8, 4) is 50.3 Å². The molecule has 3 heteroatoms. The first kappa shape index (κ1) is 28.3. The fourth-order valence-corrected chi connectivity index (χ4v) is 7.79. The molecule has 0 N–H and O–H groups in total. The number of fused-ring (bicyclic) bond motifs is 8. The first-order valence-corrected chi connectivity index (χ1v) is 17.1. The lowest BCUT2D eigenvalue weighted by Crippen LogP contribution is -2.13. The summed E-state index contributed by atoms with van der Waals surface area (Å²) < 4.78 is 2.45. The lowest BCUT2D eigenvalue weighted by Gasteiger charge is -2.28. The van der Waals surface area contributed by atoms with Crippen LogP contribution in [0, 0.1) is 0 Å². The number of anilines is 3. The minimum absolute atomic E-state index is 0.905. The van der Waals surface area contributed by atoms with E-state index in [-0.39, 0.29) is 0 Å². The Morgan fingerprint density at radius 1 is 0.400 bits per heavy atom. The molecule has 2 aromatic heterocycles. The highest BCUT2D eigenvalue weighted by Crippen LogP contribution is 2.55. The highest BCUT2D eigenvalue weighted by molar-refractivity contribution is 6.15. The summed E-state index contributed by atoms with van der Waals surface area (Å²) in [6.45, 7) is 0. The van der Waals surface area contributed by atoms with Gasteiger partial charge in [-0.25, -0.2) is 4.98 Å². The van der Waals surface area contributed by atoms with Gasteiger partial charge in [-0.2, -0.15) is 0 Å². The summed E-state index contributed by atoms with van der Waals surface area (Å²) in [5.74, 6) is 0.905. The fourth-order valence-electron chi connectivity index (χ4n) is 7.79. The van der Waals surface area contributed by atoms with Gasteiger partial charge in [0.25, 0.3) is 0 Å². The molecule has 0 radical (unpaired) electrons. The molecular weight excluding hydrogens is 607 g/mol. The molecule has 0 fully saturated rings. The van der Waals surface area contributed by atoms with Gasteiger partial charge in [0, 0.05) is 44.9 Å². The van der Waals surface area contributed by atoms with Crippen LogP contribution in [0.4, 0.5) is 17.2 Å². The second kappa shape index (κ2) is 11.5. The minimum Gasteiger partial charge on any atom is -0.309 e. The van der Waals surface area contributed by atoms with Gasteiger partial charge in [-0.3, -0.25) is 4.90 Å². The van der Waals surface area contributed by atoms with Crippen molar-refractivity contribution in [3.05, 3.63) is 188 Å². The molecule has 0 unspecified atom stereocenters. The average molecular weight is 638 g/mol. The van der Waals surface area contributed by atoms with E-state index in [1.807, 2.05) is 6.20 Å². The van der Waals surface area contributed by atoms with Crippen LogP contribution in [0.1, 0.15) is 0 Å². The minimum atomic E-state index is 0.905. The molecule has 0 amide bonds. The average Bonchev–Trinajstić information content (AvgIpc) is 3.48. The number of hydrogen-bond acceptors (Lipinski definition) is 2. The van der Waals surface area contributed by atoms with Crippen LogP contribution in [0.2, 0.25) is 0 Å². The van der Waals surface area contributed by atoms with E-state index in [1.54, 1.807) is 0 Å². The van der Waals surface area contributed by atoms with Gasteiger partial charge in [-0.05, 0) is 58.5 Å². The molecule has 9 aromatic rings. The number of benzene rings is 7. The molecule has 50 heavy (non-hydrogen) atoms. The van der Waals surface area contributed by atoms with E-state index in [9.17, 15) is 0 Å². The highest BCUT2D eigenvalue weighted by atomic mass is 15.2. The smallest absolute Gasteiger partial charge is 0.145 e. The summed E-state index contributed by atoms with van der Waals surface area (Å²) in [5, 5.41) is 3.49. The third-order valence-corrected chi connectivity index (χ3v) is 9.97. The SMILES string of the molecule is c1ccc(-c2ccc3c(c2)-c2c(c4ccccc4n2-c2ccccc2)-c2ccccc2N3c2ncc(-c3ccccc3)c3ccccc23)cc1. The van der Waals surface area contributed by atoms with Crippen molar-refractivity contribution in [1.29, 1.82) is 0 Å². The molecule has 234 valence electrons. The Morgan fingerprint density at radius 3 is 1.78 bits per heavy atom. The normalized spacial score (nSPS) is 12.0. The standard InChI is InChI=1S/C47H31N3/c1-4-16-32(17-5-1)34-28-29-44-40(30-34)46-45(38-24-12-14-26-42(38)49(46)35-20-8-3-9-21-35)39-25-13-15-27-43(39)50(44)47-37-23-11-10-22-36(37)41(31-48-47)33-18-6-2-7-19-33/h1-31H. The van der Waals surface area contributed by atoms with Crippen molar-refractivity contribution in [2.45, 2.75) is 0 Å². The van der Waals surface area contributed by atoms with Gasteiger partial charge >= 0.3 is 0 Å². The highest BCUT2D eigenvalue weighted by Gasteiger charge is 2.33. The molecule has 3 nitrogen and oxygen atoms in total. The Morgan fingerprint density at radius 2 is 1.00 bits per heavy atom. The molecule has 1 aliphatic rings. The van der Waals surface area contributed by atoms with E-state index in [2.05, 4.69) is 191 Å². The predicted octanol–water partition coefficient (Wildman–Crippen LogP) is 12.6. The Balaban J connectivity index is 1.35. The number of hydrogen-bond donors (Lipinski definition) is 0. The van der Waals surface area contributed by atoms with Gasteiger partial charge in [0.15, 0.2) is 0 Å². The first-order valence-electron chi connectivity index (χ1n) is 17.1. The maximum Gasteiger partial charge on any atom is 0.145 e. The molecule has 0 saturated carbocycles. The van der Waals surface area contributed by atoms with Gasteiger partial charge in [0.05, 0.1) is 22.6 Å². The van der Waals surface area contributed by atoms with Crippen LogP contribution < -0.4 is 4.90 Å². The number of aromatic nitrogens is 2. The zero-order valence-corrected chi connectivity index (χ0v) is 27.2. The van der Waals surface area contributed by atoms with Crippen molar-refractivity contribution in [3.63, 3.8) is 0 Å². The first-order chi connectivity index (χ1) is 24.8. The number of nitrogens with zero attached hydrogens (tertiary/aromatic N) is 3. The summed E-state index contributed by atoms with van der Waals surface area (Å²) in [6, 6.07) is 65.2. The third-order valence-electron chi connectivity index (χ3n) is 9.97. The van der Waals surface area contributed by atoms with Crippen molar-refractivity contribution in [1.82, 2.24) is 9.55 Å². The van der Waals surface area contributed by atoms with E-state index >= 15 is 0 Å². The molecule has 1 aliphatic heterocycles. The van der Waals surface area contributed by atoms with E-state index in [0.717, 1.165) is 45.0 Å². The van der Waals surface area contributed by atoms with Crippen molar-refractivity contribution in [2.75, 3.05) is 4.90 Å². The molecule has 3 heterocycles. The maximum atomic E-state index is 5.34. The van der Waals surface area contributed by atoms with Crippen LogP contribution in [-0.4, -0.2) is 9.55 Å². The lowest BCUT2D eigenvalue weighted by atomic mass is 9.96. The van der Waals surface area contributed by atoms with Crippen molar-refractivity contribution < 1.29 is 0 Å². The van der Waals surface area contributed by atoms with Gasteiger partial charge in [0.1, 0.15) is 5.82 Å². The summed E-state index contributed by atoms with van der Waals surface area (Å²) in [4.78, 5) is 7.73. The van der Waals surface area contributed by atoms with Crippen LogP contribution in [0.25, 0.3) is 72.0 Å². The van der Waals surface area contributed by atoms with Crippen LogP contribution in [0.3, 0.4) is 0 Å².